The zero-order valence-corrected chi connectivity index (χ0v) is 9.05. The SMILES string of the molecule is CO[N+](C)(C=O)C1CCN(C(=O)O)CC1. The molecule has 0 spiro atoms. The third-order valence-electron chi connectivity index (χ3n) is 3.06. The summed E-state index contributed by atoms with van der Waals surface area (Å²) < 4.78 is -0.104. The highest BCUT2D eigenvalue weighted by Gasteiger charge is 2.37. The number of amides is 2. The predicted octanol–water partition coefficient (Wildman–Crippen LogP) is 0.293. The van der Waals surface area contributed by atoms with Crippen LogP contribution in [-0.4, -0.2) is 60.4 Å². The van der Waals surface area contributed by atoms with Crippen LogP contribution in [0, 0.1) is 0 Å². The normalized spacial score (nSPS) is 22.1. The van der Waals surface area contributed by atoms with E-state index in [-0.39, 0.29) is 10.7 Å². The van der Waals surface area contributed by atoms with Crippen molar-refractivity contribution in [1.29, 1.82) is 0 Å². The van der Waals surface area contributed by atoms with E-state index in [1.807, 2.05) is 0 Å². The van der Waals surface area contributed by atoms with Crippen molar-refractivity contribution in [2.75, 3.05) is 27.2 Å². The highest BCUT2D eigenvalue weighted by Crippen LogP contribution is 2.20. The van der Waals surface area contributed by atoms with Gasteiger partial charge in [-0.15, -0.1) is 4.65 Å². The Balaban J connectivity index is 2.56. The van der Waals surface area contributed by atoms with Crippen LogP contribution < -0.4 is 0 Å². The summed E-state index contributed by atoms with van der Waals surface area (Å²) in [6.45, 7) is 0.927. The van der Waals surface area contributed by atoms with Crippen molar-refractivity contribution in [3.8, 4) is 0 Å². The molecule has 1 aliphatic rings. The molecule has 1 atom stereocenters. The summed E-state index contributed by atoms with van der Waals surface area (Å²) in [4.78, 5) is 28.0. The van der Waals surface area contributed by atoms with Crippen LogP contribution in [-0.2, 0) is 9.63 Å². The van der Waals surface area contributed by atoms with Gasteiger partial charge < -0.3 is 10.0 Å². The third kappa shape index (κ3) is 2.45. The molecule has 0 aliphatic carbocycles. The Morgan fingerprint density at radius 1 is 1.53 bits per heavy atom. The van der Waals surface area contributed by atoms with Crippen LogP contribution in [0.4, 0.5) is 4.79 Å². The topological polar surface area (TPSA) is 66.8 Å². The van der Waals surface area contributed by atoms with E-state index in [9.17, 15) is 9.59 Å². The van der Waals surface area contributed by atoms with Crippen molar-refractivity contribution in [1.82, 2.24) is 4.90 Å². The van der Waals surface area contributed by atoms with Crippen molar-refractivity contribution in [3.05, 3.63) is 0 Å². The lowest BCUT2D eigenvalue weighted by molar-refractivity contribution is -1.04. The maximum atomic E-state index is 10.9. The molecule has 1 aliphatic heterocycles. The van der Waals surface area contributed by atoms with Gasteiger partial charge in [0.05, 0.1) is 7.11 Å². The van der Waals surface area contributed by atoms with E-state index in [1.54, 1.807) is 7.05 Å². The van der Waals surface area contributed by atoms with Gasteiger partial charge in [-0.25, -0.2) is 9.59 Å². The van der Waals surface area contributed by atoms with Gasteiger partial charge in [0.1, 0.15) is 13.1 Å². The monoisotopic (exact) mass is 217 g/mol. The summed E-state index contributed by atoms with van der Waals surface area (Å²) in [5.74, 6) is 0. The molecule has 1 saturated heterocycles. The number of carboxylic acid groups (broad SMARTS) is 1. The van der Waals surface area contributed by atoms with Gasteiger partial charge in [-0.2, -0.15) is 4.84 Å². The second-order valence-corrected chi connectivity index (χ2v) is 3.85. The molecule has 0 aromatic rings. The predicted molar refractivity (Wildman–Crippen MR) is 51.9 cm³/mol. The number of hydrogen-bond acceptors (Lipinski definition) is 3. The Kier molecular flexibility index (Phi) is 3.65. The summed E-state index contributed by atoms with van der Waals surface area (Å²) in [7, 11) is 3.17. The van der Waals surface area contributed by atoms with Crippen molar-refractivity contribution in [2.24, 2.45) is 0 Å². The molecule has 86 valence electrons. The maximum absolute atomic E-state index is 10.9. The fraction of sp³-hybridized carbons (Fsp3) is 0.778. The minimum atomic E-state index is -0.897. The van der Waals surface area contributed by atoms with Crippen LogP contribution in [0.1, 0.15) is 12.8 Å². The number of carbonyl (C=O) groups excluding carboxylic acids is 1. The quantitative estimate of drug-likeness (QED) is 0.419. The van der Waals surface area contributed by atoms with Gasteiger partial charge in [-0.3, -0.25) is 0 Å². The van der Waals surface area contributed by atoms with Crippen LogP contribution in [0.5, 0.6) is 0 Å². The number of rotatable bonds is 3. The first-order valence-corrected chi connectivity index (χ1v) is 4.89. The molecule has 2 amide bonds. The molecule has 15 heavy (non-hydrogen) atoms. The van der Waals surface area contributed by atoms with Crippen LogP contribution in [0.3, 0.4) is 0 Å². The number of nitrogens with zero attached hydrogens (tertiary/aromatic N) is 2. The van der Waals surface area contributed by atoms with Crippen molar-refractivity contribution in [2.45, 2.75) is 18.9 Å². The zero-order chi connectivity index (χ0) is 11.5. The summed E-state index contributed by atoms with van der Waals surface area (Å²) in [5.41, 5.74) is 0. The standard InChI is InChI=1S/C9H16N2O4/c1-11(7-12,15-2)8-3-5-10(6-4-8)9(13)14/h7-8H,3-6H2,1-2H3/p+1. The number of piperidine rings is 1. The molecule has 1 heterocycles. The molecule has 0 aromatic heterocycles. The molecule has 6 heteroatoms. The summed E-state index contributed by atoms with van der Waals surface area (Å²) in [6.07, 6.45) is 1.15. The van der Waals surface area contributed by atoms with E-state index in [0.29, 0.717) is 25.9 Å². The smallest absolute Gasteiger partial charge is 0.407 e. The van der Waals surface area contributed by atoms with Crippen molar-refractivity contribution >= 4 is 12.5 Å². The Morgan fingerprint density at radius 2 is 2.07 bits per heavy atom. The zero-order valence-electron chi connectivity index (χ0n) is 9.05. The summed E-state index contributed by atoms with van der Waals surface area (Å²) >= 11 is 0. The van der Waals surface area contributed by atoms with Gasteiger partial charge in [-0.05, 0) is 0 Å². The molecule has 0 aromatic carbocycles. The molecular weight excluding hydrogens is 200 g/mol. The highest BCUT2D eigenvalue weighted by atomic mass is 16.7. The molecule has 6 nitrogen and oxygen atoms in total. The van der Waals surface area contributed by atoms with Gasteiger partial charge >= 0.3 is 12.5 Å². The molecule has 1 rings (SSSR count). The summed E-state index contributed by atoms with van der Waals surface area (Å²) in [5, 5.41) is 8.76. The molecule has 1 N–H and O–H groups in total. The fourth-order valence-corrected chi connectivity index (χ4v) is 1.85. The first-order chi connectivity index (χ1) is 7.03. The first kappa shape index (κ1) is 11.9. The lowest BCUT2D eigenvalue weighted by Gasteiger charge is -2.36. The fourth-order valence-electron chi connectivity index (χ4n) is 1.85. The second kappa shape index (κ2) is 4.59. The van der Waals surface area contributed by atoms with Gasteiger partial charge in [0.25, 0.3) is 0 Å². The van der Waals surface area contributed by atoms with E-state index in [0.717, 1.165) is 6.41 Å². The van der Waals surface area contributed by atoms with E-state index >= 15 is 0 Å². The number of hydrogen-bond donors (Lipinski definition) is 1. The molecule has 0 saturated carbocycles. The minimum absolute atomic E-state index is 0.0445. The maximum Gasteiger partial charge on any atom is 0.407 e. The summed E-state index contributed by atoms with van der Waals surface area (Å²) in [6, 6.07) is 0.0445. The lowest BCUT2D eigenvalue weighted by atomic mass is 10.0. The molecule has 1 unspecified atom stereocenters. The van der Waals surface area contributed by atoms with Crippen LogP contribution in [0.2, 0.25) is 0 Å². The second-order valence-electron chi connectivity index (χ2n) is 3.85. The third-order valence-corrected chi connectivity index (χ3v) is 3.06. The van der Waals surface area contributed by atoms with E-state index in [4.69, 9.17) is 9.94 Å². The van der Waals surface area contributed by atoms with Crippen molar-refractivity contribution in [3.63, 3.8) is 0 Å². The molecule has 0 radical (unpaired) electrons. The van der Waals surface area contributed by atoms with E-state index in [2.05, 4.69) is 0 Å². The Morgan fingerprint density at radius 3 is 2.40 bits per heavy atom. The van der Waals surface area contributed by atoms with Crippen molar-refractivity contribution < 1.29 is 24.2 Å². The van der Waals surface area contributed by atoms with Gasteiger partial charge in [-0.1, -0.05) is 0 Å². The van der Waals surface area contributed by atoms with Crippen LogP contribution in [0.15, 0.2) is 0 Å². The first-order valence-electron chi connectivity index (χ1n) is 4.89. The van der Waals surface area contributed by atoms with Crippen LogP contribution in [0.25, 0.3) is 0 Å². The van der Waals surface area contributed by atoms with Gasteiger partial charge in [0, 0.05) is 25.9 Å². The molecule has 1 fully saturated rings. The van der Waals surface area contributed by atoms with Crippen LogP contribution >= 0.6 is 0 Å². The Hall–Kier alpha value is -1.14. The molecular formula is C9H17N2O4+. The largest absolute Gasteiger partial charge is 0.465 e. The lowest BCUT2D eigenvalue weighted by Crippen LogP contribution is -2.55. The average Bonchev–Trinajstić information content (AvgIpc) is 2.28. The molecule has 0 bridgehead atoms. The van der Waals surface area contributed by atoms with E-state index < -0.39 is 6.09 Å². The number of carbonyl (C=O) groups is 2. The Labute approximate surface area is 88.6 Å². The number of quaternary nitrogens is 1. The average molecular weight is 217 g/mol. The van der Waals surface area contributed by atoms with Gasteiger partial charge in [0.2, 0.25) is 0 Å². The Bertz CT molecular complexity index is 250. The number of likely N-dealkylation sites (tertiary alicyclic amines) is 1. The number of hydroxylamine groups is 3. The van der Waals surface area contributed by atoms with Gasteiger partial charge in [0.15, 0.2) is 0 Å². The van der Waals surface area contributed by atoms with E-state index in [1.165, 1.54) is 12.0 Å². The minimum Gasteiger partial charge on any atom is -0.465 e. The highest BCUT2D eigenvalue weighted by molar-refractivity contribution is 5.65.